The molecule has 1 atom stereocenters. The number of ether oxygens (including phenoxy) is 2. The van der Waals surface area contributed by atoms with Crippen molar-refractivity contribution in [3.8, 4) is 17.6 Å². The third-order valence-electron chi connectivity index (χ3n) is 6.13. The van der Waals surface area contributed by atoms with Crippen LogP contribution in [0.5, 0.6) is 11.5 Å². The van der Waals surface area contributed by atoms with Crippen molar-refractivity contribution in [3.63, 3.8) is 0 Å². The fourth-order valence-electron chi connectivity index (χ4n) is 4.49. The van der Waals surface area contributed by atoms with E-state index in [1.807, 2.05) is 19.1 Å². The van der Waals surface area contributed by atoms with Crippen LogP contribution in [0.15, 0.2) is 59.1 Å². The molecule has 0 bridgehead atoms. The molecule has 6 nitrogen and oxygen atoms in total. The van der Waals surface area contributed by atoms with E-state index < -0.39 is 5.92 Å². The molecule has 0 radical (unpaired) electrons. The minimum absolute atomic E-state index is 0.0444. The van der Waals surface area contributed by atoms with Crippen molar-refractivity contribution in [3.05, 3.63) is 79.6 Å². The third kappa shape index (κ3) is 4.49. The number of carbonyl (C=O) groups excluding carboxylic acids is 1. The molecule has 176 valence electrons. The van der Waals surface area contributed by atoms with Crippen molar-refractivity contribution in [2.75, 3.05) is 13.7 Å². The van der Waals surface area contributed by atoms with Gasteiger partial charge in [0.05, 0.1) is 27.7 Å². The number of halogens is 2. The van der Waals surface area contributed by atoms with Gasteiger partial charge in [0.15, 0.2) is 17.3 Å². The quantitative estimate of drug-likeness (QED) is 0.482. The van der Waals surface area contributed by atoms with E-state index in [0.29, 0.717) is 41.5 Å². The summed E-state index contributed by atoms with van der Waals surface area (Å²) in [5.41, 5.74) is 9.81. The molecule has 0 amide bonds. The van der Waals surface area contributed by atoms with Crippen LogP contribution in [-0.2, 0) is 11.4 Å². The van der Waals surface area contributed by atoms with Crippen molar-refractivity contribution in [2.24, 2.45) is 5.73 Å². The zero-order valence-electron chi connectivity index (χ0n) is 19.0. The van der Waals surface area contributed by atoms with Gasteiger partial charge < -0.3 is 20.1 Å². The molecule has 0 saturated carbocycles. The molecule has 0 fully saturated rings. The standard InChI is InChI=1S/C26H25FIN3O3/c1-3-33-22-12-16(11-19(28)25(22)34-14-15-7-9-17(27)10-8-15)23-18(13-29)26(30)31(2)20-5-4-6-21(32)24(20)23/h7-12,23H,3-6,14,30H2,1-2H3/t23-/m0/s1. The van der Waals surface area contributed by atoms with Crippen LogP contribution in [0.1, 0.15) is 43.2 Å². The van der Waals surface area contributed by atoms with Gasteiger partial charge in [0.1, 0.15) is 18.2 Å². The Labute approximate surface area is 212 Å². The smallest absolute Gasteiger partial charge is 0.174 e. The summed E-state index contributed by atoms with van der Waals surface area (Å²) in [7, 11) is 1.80. The monoisotopic (exact) mass is 573 g/mol. The first-order chi connectivity index (χ1) is 16.3. The molecule has 0 unspecified atom stereocenters. The maximum absolute atomic E-state index is 13.2. The highest BCUT2D eigenvalue weighted by Gasteiger charge is 2.39. The molecule has 2 aromatic rings. The fraction of sp³-hybridized carbons (Fsp3) is 0.308. The second-order valence-corrected chi connectivity index (χ2v) is 9.38. The van der Waals surface area contributed by atoms with Crippen LogP contribution < -0.4 is 15.2 Å². The second-order valence-electron chi connectivity index (χ2n) is 8.22. The van der Waals surface area contributed by atoms with E-state index in [9.17, 15) is 14.4 Å². The molecule has 1 aliphatic carbocycles. The minimum Gasteiger partial charge on any atom is -0.490 e. The molecule has 1 heterocycles. The lowest BCUT2D eigenvalue weighted by Gasteiger charge is -2.37. The Kier molecular flexibility index (Phi) is 7.12. The molecule has 0 aromatic heterocycles. The molecule has 0 spiro atoms. The van der Waals surface area contributed by atoms with Crippen LogP contribution >= 0.6 is 22.6 Å². The molecule has 4 rings (SSSR count). The topological polar surface area (TPSA) is 88.6 Å². The highest BCUT2D eigenvalue weighted by atomic mass is 127. The van der Waals surface area contributed by atoms with Crippen molar-refractivity contribution < 1.29 is 18.7 Å². The molecular formula is C26H25FIN3O3. The Balaban J connectivity index is 1.77. The highest BCUT2D eigenvalue weighted by Crippen LogP contribution is 2.46. The van der Waals surface area contributed by atoms with E-state index in [1.165, 1.54) is 12.1 Å². The molecule has 8 heteroatoms. The molecule has 2 N–H and O–H groups in total. The van der Waals surface area contributed by atoms with Gasteiger partial charge in [0.25, 0.3) is 0 Å². The molecule has 34 heavy (non-hydrogen) atoms. The van der Waals surface area contributed by atoms with Gasteiger partial charge in [-0.2, -0.15) is 5.26 Å². The Morgan fingerprint density at radius 3 is 2.65 bits per heavy atom. The van der Waals surface area contributed by atoms with Crippen LogP contribution in [-0.4, -0.2) is 24.3 Å². The number of nitrogens with zero attached hydrogens (tertiary/aromatic N) is 2. The van der Waals surface area contributed by atoms with E-state index in [4.69, 9.17) is 15.2 Å². The summed E-state index contributed by atoms with van der Waals surface area (Å²) >= 11 is 2.17. The maximum Gasteiger partial charge on any atom is 0.174 e. The predicted molar refractivity (Wildman–Crippen MR) is 134 cm³/mol. The van der Waals surface area contributed by atoms with Gasteiger partial charge in [-0.05, 0) is 77.7 Å². The fourth-order valence-corrected chi connectivity index (χ4v) is 5.27. The average Bonchev–Trinajstić information content (AvgIpc) is 2.82. The van der Waals surface area contributed by atoms with Gasteiger partial charge in [-0.3, -0.25) is 4.79 Å². The van der Waals surface area contributed by atoms with Gasteiger partial charge in [-0.1, -0.05) is 12.1 Å². The van der Waals surface area contributed by atoms with E-state index in [-0.39, 0.29) is 18.2 Å². The highest BCUT2D eigenvalue weighted by molar-refractivity contribution is 14.1. The van der Waals surface area contributed by atoms with Crippen LogP contribution in [0.25, 0.3) is 0 Å². The summed E-state index contributed by atoms with van der Waals surface area (Å²) in [5, 5.41) is 9.98. The van der Waals surface area contributed by atoms with Crippen molar-refractivity contribution in [1.82, 2.24) is 4.90 Å². The Morgan fingerprint density at radius 2 is 1.97 bits per heavy atom. The van der Waals surface area contributed by atoms with E-state index in [1.54, 1.807) is 24.1 Å². The van der Waals surface area contributed by atoms with E-state index in [0.717, 1.165) is 33.2 Å². The molecule has 0 saturated heterocycles. The number of nitriles is 1. The zero-order chi connectivity index (χ0) is 24.4. The first kappa shape index (κ1) is 24.1. The lowest BCUT2D eigenvalue weighted by atomic mass is 9.76. The number of hydrogen-bond acceptors (Lipinski definition) is 6. The summed E-state index contributed by atoms with van der Waals surface area (Å²) in [4.78, 5) is 14.8. The number of rotatable bonds is 6. The van der Waals surface area contributed by atoms with Gasteiger partial charge in [0.2, 0.25) is 0 Å². The first-order valence-electron chi connectivity index (χ1n) is 11.1. The molecule has 2 aromatic carbocycles. The number of benzene rings is 2. The Morgan fingerprint density at radius 1 is 1.24 bits per heavy atom. The Hall–Kier alpha value is -3.06. The van der Waals surface area contributed by atoms with Crippen molar-refractivity contribution >= 4 is 28.4 Å². The van der Waals surface area contributed by atoms with Crippen LogP contribution in [0, 0.1) is 20.7 Å². The molecule has 1 aliphatic heterocycles. The maximum atomic E-state index is 13.2. The van der Waals surface area contributed by atoms with Crippen molar-refractivity contribution in [1.29, 1.82) is 5.26 Å². The summed E-state index contributed by atoms with van der Waals surface area (Å²) in [6.07, 6.45) is 1.96. The number of hydrogen-bond donors (Lipinski definition) is 1. The number of allylic oxidation sites excluding steroid dienone is 3. The van der Waals surface area contributed by atoms with Gasteiger partial charge in [-0.15, -0.1) is 0 Å². The van der Waals surface area contributed by atoms with Crippen molar-refractivity contribution in [2.45, 2.75) is 38.7 Å². The summed E-state index contributed by atoms with van der Waals surface area (Å²) in [6, 6.07) is 12.1. The first-order valence-corrected chi connectivity index (χ1v) is 12.2. The average molecular weight is 573 g/mol. The van der Waals surface area contributed by atoms with Gasteiger partial charge in [-0.25, -0.2) is 4.39 Å². The SMILES string of the molecule is CCOc1cc([C@H]2C(C#N)=C(N)N(C)C3=C2C(=O)CCC3)cc(I)c1OCc1ccc(F)cc1. The van der Waals surface area contributed by atoms with E-state index >= 15 is 0 Å². The third-order valence-corrected chi connectivity index (χ3v) is 6.93. The largest absolute Gasteiger partial charge is 0.490 e. The number of ketones is 1. The summed E-state index contributed by atoms with van der Waals surface area (Å²) < 4.78 is 26.0. The second kappa shape index (κ2) is 10.1. The lowest BCUT2D eigenvalue weighted by Crippen LogP contribution is -2.36. The van der Waals surface area contributed by atoms with Crippen LogP contribution in [0.3, 0.4) is 0 Å². The van der Waals surface area contributed by atoms with Gasteiger partial charge in [0, 0.05) is 24.7 Å². The normalized spacial score (nSPS) is 18.0. The zero-order valence-corrected chi connectivity index (χ0v) is 21.2. The summed E-state index contributed by atoms with van der Waals surface area (Å²) in [6.45, 7) is 2.53. The molecule has 2 aliphatic rings. The van der Waals surface area contributed by atoms with Crippen LogP contribution in [0.4, 0.5) is 4.39 Å². The van der Waals surface area contributed by atoms with E-state index in [2.05, 4.69) is 28.7 Å². The minimum atomic E-state index is -0.553. The van der Waals surface area contributed by atoms with Gasteiger partial charge >= 0.3 is 0 Å². The van der Waals surface area contributed by atoms with Crippen LogP contribution in [0.2, 0.25) is 0 Å². The molecular weight excluding hydrogens is 548 g/mol. The number of Topliss-reactive ketones (excluding diaryl/α,β-unsaturated/α-hetero) is 1. The Bertz CT molecular complexity index is 1230. The summed E-state index contributed by atoms with van der Waals surface area (Å²) in [5.74, 6) is 0.633. The predicted octanol–water partition coefficient (Wildman–Crippen LogP) is 5.14. The number of nitrogens with two attached hydrogens (primary N) is 1. The lowest BCUT2D eigenvalue weighted by molar-refractivity contribution is -0.116. The number of carbonyl (C=O) groups is 1.